The van der Waals surface area contributed by atoms with E-state index in [4.69, 9.17) is 0 Å². The van der Waals surface area contributed by atoms with Crippen LogP contribution in [0, 0.1) is 30.0 Å². The average molecular weight is 565 g/mol. The highest BCUT2D eigenvalue weighted by atomic mass is 19.3. The van der Waals surface area contributed by atoms with Crippen molar-refractivity contribution in [1.82, 2.24) is 19.4 Å². The zero-order valence-electron chi connectivity index (χ0n) is 23.4. The summed E-state index contributed by atoms with van der Waals surface area (Å²) in [6.45, 7) is 4.22. The van der Waals surface area contributed by atoms with Crippen LogP contribution < -0.4 is 10.9 Å². The van der Waals surface area contributed by atoms with Crippen LogP contribution in [-0.2, 0) is 24.4 Å². The molecule has 0 unspecified atom stereocenters. The molecule has 0 atom stereocenters. The van der Waals surface area contributed by atoms with Crippen molar-refractivity contribution in [3.63, 3.8) is 0 Å². The summed E-state index contributed by atoms with van der Waals surface area (Å²) in [4.78, 5) is 25.0. The molecule has 2 aromatic heterocycles. The summed E-state index contributed by atoms with van der Waals surface area (Å²) in [5.41, 5.74) is -0.595. The first kappa shape index (κ1) is 27.7. The molecule has 1 aromatic carbocycles. The molecular weight excluding hydrogens is 529 g/mol. The lowest BCUT2D eigenvalue weighted by Crippen LogP contribution is -2.48. The first-order valence-corrected chi connectivity index (χ1v) is 14.7. The number of benzene rings is 1. The van der Waals surface area contributed by atoms with Crippen LogP contribution in [0.3, 0.4) is 0 Å². The molecule has 3 aromatic rings. The van der Waals surface area contributed by atoms with Crippen LogP contribution in [0.25, 0.3) is 11.0 Å². The molecule has 0 amide bonds. The number of halogens is 3. The highest BCUT2D eigenvalue weighted by molar-refractivity contribution is 5.87. The number of aryl methyl sites for hydroxylation is 2. The Hall–Kier alpha value is -3.45. The number of nitrogens with one attached hydrogen (secondary N) is 1. The van der Waals surface area contributed by atoms with Crippen LogP contribution in [0.1, 0.15) is 73.9 Å². The van der Waals surface area contributed by atoms with E-state index in [-0.39, 0.29) is 30.0 Å². The van der Waals surface area contributed by atoms with Crippen molar-refractivity contribution < 1.29 is 13.2 Å². The van der Waals surface area contributed by atoms with Gasteiger partial charge in [0, 0.05) is 43.7 Å². The van der Waals surface area contributed by atoms with Gasteiger partial charge in [0.2, 0.25) is 0 Å². The van der Waals surface area contributed by atoms with Gasteiger partial charge in [-0.05, 0) is 51.1 Å². The first-order valence-electron chi connectivity index (χ1n) is 14.7. The van der Waals surface area contributed by atoms with Gasteiger partial charge in [-0.2, -0.15) is 5.26 Å². The van der Waals surface area contributed by atoms with E-state index in [9.17, 15) is 10.1 Å². The van der Waals surface area contributed by atoms with E-state index in [1.165, 1.54) is 18.2 Å². The second-order valence-corrected chi connectivity index (χ2v) is 12.0. The monoisotopic (exact) mass is 564 g/mol. The van der Waals surface area contributed by atoms with Crippen LogP contribution in [0.5, 0.6) is 0 Å². The van der Waals surface area contributed by atoms with Crippen LogP contribution in [0.2, 0.25) is 0 Å². The second kappa shape index (κ2) is 10.8. The van der Waals surface area contributed by atoms with Crippen molar-refractivity contribution in [3.8, 4) is 6.07 Å². The highest BCUT2D eigenvalue weighted by Crippen LogP contribution is 2.47. The molecule has 7 rings (SSSR count). The normalized spacial score (nSPS) is 24.0. The van der Waals surface area contributed by atoms with Gasteiger partial charge in [0.25, 0.3) is 11.5 Å². The van der Waals surface area contributed by atoms with Crippen molar-refractivity contribution in [1.29, 1.82) is 5.26 Å². The summed E-state index contributed by atoms with van der Waals surface area (Å²) in [6, 6.07) is 8.17. The van der Waals surface area contributed by atoms with Crippen molar-refractivity contribution in [2.24, 2.45) is 5.92 Å². The Morgan fingerprint density at radius 1 is 1.05 bits per heavy atom. The van der Waals surface area contributed by atoms with Gasteiger partial charge in [-0.15, -0.1) is 0 Å². The summed E-state index contributed by atoms with van der Waals surface area (Å²) in [5.74, 6) is -3.53. The van der Waals surface area contributed by atoms with Gasteiger partial charge in [0.15, 0.2) is 0 Å². The quantitative estimate of drug-likeness (QED) is 0.403. The van der Waals surface area contributed by atoms with E-state index in [0.717, 1.165) is 38.6 Å². The number of fused-ring (bicyclic) bond motifs is 8. The molecule has 1 saturated carbocycles. The summed E-state index contributed by atoms with van der Waals surface area (Å²) in [7, 11) is 0. The summed E-state index contributed by atoms with van der Waals surface area (Å²) >= 11 is 0. The summed E-state index contributed by atoms with van der Waals surface area (Å²) in [6.07, 6.45) is 5.63. The van der Waals surface area contributed by atoms with Gasteiger partial charge in [-0.1, -0.05) is 37.5 Å². The molecule has 5 heterocycles. The van der Waals surface area contributed by atoms with E-state index in [1.807, 2.05) is 0 Å². The maximum absolute atomic E-state index is 15.5. The highest BCUT2D eigenvalue weighted by Gasteiger charge is 2.47. The fraction of sp³-hybridized carbons (Fsp3) is 0.548. The molecular formula is C31H35F3N6O. The smallest absolute Gasteiger partial charge is 0.276 e. The number of pyridine rings is 1. The third-order valence-electron chi connectivity index (χ3n) is 8.89. The lowest BCUT2D eigenvalue weighted by Gasteiger charge is -2.41. The average Bonchev–Trinajstić information content (AvgIpc) is 3.71. The number of nitrogens with zero attached hydrogens (tertiary/aromatic N) is 5. The fourth-order valence-electron chi connectivity index (χ4n) is 6.38. The number of hydrogen-bond donors (Lipinski definition) is 1. The minimum absolute atomic E-state index is 0.0730. The Balaban J connectivity index is 1.41. The Morgan fingerprint density at radius 2 is 1.78 bits per heavy atom. The van der Waals surface area contributed by atoms with Crippen LogP contribution in [-0.4, -0.2) is 39.1 Å². The number of hydrogen-bond acceptors (Lipinski definition) is 6. The Morgan fingerprint density at radius 3 is 2.51 bits per heavy atom. The summed E-state index contributed by atoms with van der Waals surface area (Å²) < 4.78 is 47.8. The molecule has 10 heteroatoms. The largest absolute Gasteiger partial charge is 0.365 e. The zero-order valence-corrected chi connectivity index (χ0v) is 23.4. The molecule has 1 N–H and O–H groups in total. The molecule has 7 nitrogen and oxygen atoms in total. The molecule has 1 aliphatic carbocycles. The standard InChI is InChI=1S/C31H35F3N6O/c1-20-37-27-23-14-25(30(19-35)10-11-30)29(41)40(28(23)38-20)13-6-4-2-3-5-12-39-17-21(18-39)15-31(33,34)24-9-7-8-22(16-36-27)26(24)32/h7-9,14,21H,2-6,10-13,15-18H2,1H3,(H,36,37,38). The predicted octanol–water partition coefficient (Wildman–Crippen LogP) is 5.78. The minimum atomic E-state index is -3.27. The van der Waals surface area contributed by atoms with Crippen LogP contribution in [0.15, 0.2) is 29.1 Å². The lowest BCUT2D eigenvalue weighted by atomic mass is 9.89. The number of aromatic nitrogens is 3. The van der Waals surface area contributed by atoms with Crippen molar-refractivity contribution in [3.05, 3.63) is 63.0 Å². The zero-order chi connectivity index (χ0) is 28.8. The number of anilines is 1. The Bertz CT molecular complexity index is 1570. The maximum atomic E-state index is 15.5. The SMILES string of the molecule is Cc1nc2c3cc(C4(C#N)CC4)c(=O)n(c3n1)CCCCCCCN1CC(C1)CC(F)(F)c1cccc(c1F)CN2. The van der Waals surface area contributed by atoms with E-state index in [1.54, 1.807) is 17.6 Å². The van der Waals surface area contributed by atoms with Gasteiger partial charge in [0.1, 0.15) is 23.1 Å². The molecule has 0 spiro atoms. The second-order valence-electron chi connectivity index (χ2n) is 12.0. The molecule has 0 radical (unpaired) electrons. The summed E-state index contributed by atoms with van der Waals surface area (Å²) in [5, 5.41) is 13.6. The molecule has 41 heavy (non-hydrogen) atoms. The lowest BCUT2D eigenvalue weighted by molar-refractivity contribution is -0.0592. The van der Waals surface area contributed by atoms with Crippen LogP contribution in [0.4, 0.5) is 19.0 Å². The molecule has 2 fully saturated rings. The van der Waals surface area contributed by atoms with Gasteiger partial charge >= 0.3 is 0 Å². The minimum Gasteiger partial charge on any atom is -0.365 e. The van der Waals surface area contributed by atoms with E-state index >= 15 is 13.2 Å². The van der Waals surface area contributed by atoms with E-state index < -0.39 is 22.7 Å². The molecule has 1 saturated heterocycles. The third-order valence-corrected chi connectivity index (χ3v) is 8.89. The molecule has 3 aliphatic heterocycles. The Kier molecular flexibility index (Phi) is 7.26. The van der Waals surface area contributed by atoms with E-state index in [0.29, 0.717) is 60.7 Å². The number of alkyl halides is 2. The van der Waals surface area contributed by atoms with Crippen LogP contribution >= 0.6 is 0 Å². The number of rotatable bonds is 1. The number of nitriles is 1. The predicted molar refractivity (Wildman–Crippen MR) is 150 cm³/mol. The topological polar surface area (TPSA) is 86.8 Å². The molecule has 8 bridgehead atoms. The Labute approximate surface area is 237 Å². The van der Waals surface area contributed by atoms with E-state index in [2.05, 4.69) is 26.3 Å². The fourth-order valence-corrected chi connectivity index (χ4v) is 6.38. The maximum Gasteiger partial charge on any atom is 0.276 e. The third kappa shape index (κ3) is 5.32. The van der Waals surface area contributed by atoms with Gasteiger partial charge < -0.3 is 10.2 Å². The van der Waals surface area contributed by atoms with Crippen molar-refractivity contribution >= 4 is 16.9 Å². The first-order chi connectivity index (χ1) is 19.7. The molecule has 4 aliphatic rings. The molecule has 216 valence electrons. The van der Waals surface area contributed by atoms with Gasteiger partial charge in [0.05, 0.1) is 22.4 Å². The van der Waals surface area contributed by atoms with Gasteiger partial charge in [-0.25, -0.2) is 23.1 Å². The van der Waals surface area contributed by atoms with Gasteiger partial charge in [-0.3, -0.25) is 9.36 Å². The van der Waals surface area contributed by atoms with Crippen molar-refractivity contribution in [2.45, 2.75) is 82.7 Å². The van der Waals surface area contributed by atoms with Crippen molar-refractivity contribution in [2.75, 3.05) is 25.0 Å².